The van der Waals surface area contributed by atoms with Crippen LogP contribution in [0.1, 0.15) is 16.7 Å². The molecule has 0 aromatic heterocycles. The van der Waals surface area contributed by atoms with Gasteiger partial charge in [0.1, 0.15) is 0 Å². The van der Waals surface area contributed by atoms with E-state index in [1.807, 2.05) is 56.3 Å². The van der Waals surface area contributed by atoms with E-state index < -0.39 is 0 Å². The molecule has 0 aliphatic carbocycles. The Hall–Kier alpha value is -2.18. The molecule has 6 heteroatoms. The summed E-state index contributed by atoms with van der Waals surface area (Å²) in [5.41, 5.74) is 3.99. The molecule has 0 saturated heterocycles. The summed E-state index contributed by atoms with van der Waals surface area (Å²) >= 11 is 3.40. The summed E-state index contributed by atoms with van der Waals surface area (Å²) in [5, 5.41) is 5.77. The van der Waals surface area contributed by atoms with E-state index >= 15 is 0 Å². The van der Waals surface area contributed by atoms with Crippen LogP contribution in [0.5, 0.6) is 0 Å². The number of halogens is 1. The third-order valence-electron chi connectivity index (χ3n) is 4.03. The molecule has 138 valence electrons. The lowest BCUT2D eigenvalue weighted by Crippen LogP contribution is -2.38. The second-order valence-electron chi connectivity index (χ2n) is 6.38. The lowest BCUT2D eigenvalue weighted by molar-refractivity contribution is -0.123. The van der Waals surface area contributed by atoms with Gasteiger partial charge in [0.15, 0.2) is 0 Å². The highest BCUT2D eigenvalue weighted by atomic mass is 79.9. The summed E-state index contributed by atoms with van der Waals surface area (Å²) in [4.78, 5) is 25.9. The number of anilines is 1. The monoisotopic (exact) mass is 417 g/mol. The number of nitrogens with one attached hydrogen (secondary N) is 2. The third-order valence-corrected chi connectivity index (χ3v) is 4.52. The van der Waals surface area contributed by atoms with Gasteiger partial charge in [-0.05, 0) is 55.8 Å². The molecule has 0 bridgehead atoms. The number of hydrogen-bond acceptors (Lipinski definition) is 3. The molecule has 26 heavy (non-hydrogen) atoms. The number of nitrogens with zero attached hydrogens (tertiary/aromatic N) is 1. The van der Waals surface area contributed by atoms with Crippen LogP contribution in [0.4, 0.5) is 5.69 Å². The van der Waals surface area contributed by atoms with Crippen LogP contribution in [-0.4, -0.2) is 36.9 Å². The number of benzene rings is 2. The molecule has 0 saturated carbocycles. The number of likely N-dealkylation sites (N-methyl/N-ethyl adjacent to an activating group) is 1. The van der Waals surface area contributed by atoms with Crippen LogP contribution >= 0.6 is 15.9 Å². The molecule has 0 spiro atoms. The number of aryl methyl sites for hydroxylation is 2. The van der Waals surface area contributed by atoms with Crippen LogP contribution in [0.25, 0.3) is 0 Å². The topological polar surface area (TPSA) is 61.4 Å². The van der Waals surface area contributed by atoms with Crippen molar-refractivity contribution in [3.63, 3.8) is 0 Å². The van der Waals surface area contributed by atoms with Gasteiger partial charge in [0, 0.05) is 16.7 Å². The second kappa shape index (κ2) is 9.50. The molecule has 2 rings (SSSR count). The molecule has 0 unspecified atom stereocenters. The zero-order valence-electron chi connectivity index (χ0n) is 15.3. The Morgan fingerprint density at radius 3 is 2.38 bits per heavy atom. The molecule has 2 aromatic carbocycles. The minimum absolute atomic E-state index is 0.108. The predicted octanol–water partition coefficient (Wildman–Crippen LogP) is 3.25. The van der Waals surface area contributed by atoms with E-state index in [-0.39, 0.29) is 24.9 Å². The van der Waals surface area contributed by atoms with Gasteiger partial charge in [0.25, 0.3) is 0 Å². The van der Waals surface area contributed by atoms with Crippen LogP contribution < -0.4 is 10.6 Å². The average molecular weight is 418 g/mol. The standard InChI is InChI=1S/C20H24BrN3O2/c1-14-6-4-5-7-16(14)11-22-19(25)12-24(3)13-20(26)23-18-9-8-17(21)10-15(18)2/h4-10H,11-13H2,1-3H3,(H,22,25)(H,23,26). The number of rotatable bonds is 7. The summed E-state index contributed by atoms with van der Waals surface area (Å²) in [6.07, 6.45) is 0. The van der Waals surface area contributed by atoms with Crippen molar-refractivity contribution >= 4 is 33.4 Å². The Labute approximate surface area is 162 Å². The summed E-state index contributed by atoms with van der Waals surface area (Å²) in [5.74, 6) is -0.256. The Kier molecular flexibility index (Phi) is 7.36. The largest absolute Gasteiger partial charge is 0.351 e. The van der Waals surface area contributed by atoms with Gasteiger partial charge in [-0.3, -0.25) is 14.5 Å². The Bertz CT molecular complexity index is 792. The molecule has 0 fully saturated rings. The average Bonchev–Trinajstić information content (AvgIpc) is 2.56. The Balaban J connectivity index is 1.78. The first-order valence-electron chi connectivity index (χ1n) is 8.41. The quantitative estimate of drug-likeness (QED) is 0.726. The Morgan fingerprint density at radius 1 is 1.00 bits per heavy atom. The van der Waals surface area contributed by atoms with E-state index in [9.17, 15) is 9.59 Å². The molecule has 5 nitrogen and oxygen atoms in total. The molecule has 0 heterocycles. The number of carbonyl (C=O) groups excluding carboxylic acids is 2. The van der Waals surface area contributed by atoms with E-state index in [0.717, 1.165) is 26.9 Å². The SMILES string of the molecule is Cc1ccccc1CNC(=O)CN(C)CC(=O)Nc1ccc(Br)cc1C. The van der Waals surface area contributed by atoms with Crippen molar-refractivity contribution in [3.8, 4) is 0 Å². The normalized spacial score (nSPS) is 10.7. The van der Waals surface area contributed by atoms with Crippen LogP contribution in [0.3, 0.4) is 0 Å². The van der Waals surface area contributed by atoms with Gasteiger partial charge < -0.3 is 10.6 Å². The zero-order valence-corrected chi connectivity index (χ0v) is 16.9. The highest BCUT2D eigenvalue weighted by Gasteiger charge is 2.12. The van der Waals surface area contributed by atoms with Crippen molar-refractivity contribution in [1.29, 1.82) is 0 Å². The first kappa shape index (κ1) is 20.1. The van der Waals surface area contributed by atoms with Gasteiger partial charge in [-0.2, -0.15) is 0 Å². The van der Waals surface area contributed by atoms with Gasteiger partial charge in [-0.1, -0.05) is 40.2 Å². The van der Waals surface area contributed by atoms with Crippen molar-refractivity contribution in [1.82, 2.24) is 10.2 Å². The van der Waals surface area contributed by atoms with Crippen LogP contribution in [-0.2, 0) is 16.1 Å². The second-order valence-corrected chi connectivity index (χ2v) is 7.30. The lowest BCUT2D eigenvalue weighted by Gasteiger charge is -2.17. The fourth-order valence-corrected chi connectivity index (χ4v) is 3.04. The summed E-state index contributed by atoms with van der Waals surface area (Å²) in [7, 11) is 1.75. The third kappa shape index (κ3) is 6.28. The summed E-state index contributed by atoms with van der Waals surface area (Å²) < 4.78 is 0.968. The molecule has 2 N–H and O–H groups in total. The van der Waals surface area contributed by atoms with E-state index in [2.05, 4.69) is 26.6 Å². The van der Waals surface area contributed by atoms with E-state index in [1.165, 1.54) is 0 Å². The first-order valence-corrected chi connectivity index (χ1v) is 9.20. The molecular weight excluding hydrogens is 394 g/mol. The Morgan fingerprint density at radius 2 is 1.69 bits per heavy atom. The summed E-state index contributed by atoms with van der Waals surface area (Å²) in [6, 6.07) is 13.6. The van der Waals surface area contributed by atoms with Gasteiger partial charge in [-0.25, -0.2) is 0 Å². The van der Waals surface area contributed by atoms with Crippen LogP contribution in [0, 0.1) is 13.8 Å². The highest BCUT2D eigenvalue weighted by molar-refractivity contribution is 9.10. The zero-order chi connectivity index (χ0) is 19.1. The molecule has 0 atom stereocenters. The maximum atomic E-state index is 12.2. The fourth-order valence-electron chi connectivity index (χ4n) is 2.56. The fraction of sp³-hybridized carbons (Fsp3) is 0.300. The molecule has 0 aliphatic rings. The number of amides is 2. The maximum absolute atomic E-state index is 12.2. The van der Waals surface area contributed by atoms with Crippen molar-refractivity contribution in [3.05, 3.63) is 63.6 Å². The van der Waals surface area contributed by atoms with E-state index in [0.29, 0.717) is 6.54 Å². The van der Waals surface area contributed by atoms with E-state index in [4.69, 9.17) is 0 Å². The maximum Gasteiger partial charge on any atom is 0.238 e. The van der Waals surface area contributed by atoms with Crippen LogP contribution in [0.15, 0.2) is 46.9 Å². The molecule has 2 aromatic rings. The summed E-state index contributed by atoms with van der Waals surface area (Å²) in [6.45, 7) is 4.75. The predicted molar refractivity (Wildman–Crippen MR) is 108 cm³/mol. The van der Waals surface area contributed by atoms with Gasteiger partial charge in [0.05, 0.1) is 13.1 Å². The van der Waals surface area contributed by atoms with Gasteiger partial charge in [0.2, 0.25) is 11.8 Å². The molecule has 0 aliphatic heterocycles. The van der Waals surface area contributed by atoms with Gasteiger partial charge >= 0.3 is 0 Å². The van der Waals surface area contributed by atoms with Crippen molar-refractivity contribution in [2.45, 2.75) is 20.4 Å². The highest BCUT2D eigenvalue weighted by Crippen LogP contribution is 2.19. The molecular formula is C20H24BrN3O2. The van der Waals surface area contributed by atoms with Gasteiger partial charge in [-0.15, -0.1) is 0 Å². The lowest BCUT2D eigenvalue weighted by atomic mass is 10.1. The molecule has 0 radical (unpaired) electrons. The van der Waals surface area contributed by atoms with E-state index in [1.54, 1.807) is 11.9 Å². The first-order chi connectivity index (χ1) is 12.3. The minimum atomic E-state index is -0.148. The minimum Gasteiger partial charge on any atom is -0.351 e. The van der Waals surface area contributed by atoms with Crippen molar-refractivity contribution < 1.29 is 9.59 Å². The smallest absolute Gasteiger partial charge is 0.238 e. The van der Waals surface area contributed by atoms with Crippen LogP contribution in [0.2, 0.25) is 0 Å². The molecule has 2 amide bonds. The number of hydrogen-bond donors (Lipinski definition) is 2. The van der Waals surface area contributed by atoms with Crippen molar-refractivity contribution in [2.24, 2.45) is 0 Å². The van der Waals surface area contributed by atoms with Crippen molar-refractivity contribution in [2.75, 3.05) is 25.5 Å². The number of carbonyl (C=O) groups is 2.